The zero-order valence-corrected chi connectivity index (χ0v) is 11.9. The van der Waals surface area contributed by atoms with E-state index in [0.717, 1.165) is 17.6 Å². The minimum absolute atomic E-state index is 0.131. The van der Waals surface area contributed by atoms with E-state index in [2.05, 4.69) is 25.1 Å². The van der Waals surface area contributed by atoms with E-state index in [1.807, 2.05) is 11.6 Å². The van der Waals surface area contributed by atoms with Crippen LogP contribution in [-0.2, 0) is 13.6 Å². The average Bonchev–Trinajstić information content (AvgIpc) is 2.65. The molecule has 3 nitrogen and oxygen atoms in total. The molecule has 1 aliphatic rings. The molecule has 1 fully saturated rings. The summed E-state index contributed by atoms with van der Waals surface area (Å²) >= 11 is 0. The van der Waals surface area contributed by atoms with Gasteiger partial charge in [-0.2, -0.15) is 0 Å². The summed E-state index contributed by atoms with van der Waals surface area (Å²) in [5, 5.41) is 0. The predicted molar refractivity (Wildman–Crippen MR) is 78.5 cm³/mol. The summed E-state index contributed by atoms with van der Waals surface area (Å²) < 4.78 is 3.76. The standard InChI is InChI=1S/C16H22N2O/c1-12-8-9-14-15(10-12)18(16(19)17(14)2)11-13-6-4-3-5-7-13/h8-10,13H,3-7,11H2,1-2H3. The highest BCUT2D eigenvalue weighted by atomic mass is 16.1. The molecule has 1 heterocycles. The Labute approximate surface area is 113 Å². The van der Waals surface area contributed by atoms with Gasteiger partial charge in [-0.15, -0.1) is 0 Å². The van der Waals surface area contributed by atoms with Crippen molar-refractivity contribution in [2.45, 2.75) is 45.6 Å². The van der Waals surface area contributed by atoms with Crippen molar-refractivity contribution in [3.05, 3.63) is 34.2 Å². The Morgan fingerprint density at radius 3 is 2.63 bits per heavy atom. The molecule has 0 N–H and O–H groups in total. The molecule has 102 valence electrons. The van der Waals surface area contributed by atoms with Crippen molar-refractivity contribution >= 4 is 11.0 Å². The van der Waals surface area contributed by atoms with Crippen LogP contribution in [0.3, 0.4) is 0 Å². The molecule has 1 aromatic heterocycles. The highest BCUT2D eigenvalue weighted by molar-refractivity contribution is 5.76. The van der Waals surface area contributed by atoms with Crippen LogP contribution < -0.4 is 5.69 Å². The van der Waals surface area contributed by atoms with Gasteiger partial charge in [-0.1, -0.05) is 25.3 Å². The maximum Gasteiger partial charge on any atom is 0.328 e. The predicted octanol–water partition coefficient (Wildman–Crippen LogP) is 3.23. The molecule has 0 unspecified atom stereocenters. The van der Waals surface area contributed by atoms with Gasteiger partial charge in [0.1, 0.15) is 0 Å². The molecule has 2 aromatic rings. The molecule has 1 aromatic carbocycles. The fourth-order valence-corrected chi connectivity index (χ4v) is 3.32. The second-order valence-electron chi connectivity index (χ2n) is 5.95. The molecule has 3 heteroatoms. The molecule has 3 rings (SSSR count). The Morgan fingerprint density at radius 1 is 1.16 bits per heavy atom. The van der Waals surface area contributed by atoms with E-state index in [1.165, 1.54) is 37.7 Å². The molecule has 0 spiro atoms. The van der Waals surface area contributed by atoms with Gasteiger partial charge in [0, 0.05) is 13.6 Å². The molecule has 0 atom stereocenters. The number of aryl methyl sites for hydroxylation is 2. The van der Waals surface area contributed by atoms with Gasteiger partial charge in [0.2, 0.25) is 0 Å². The fraction of sp³-hybridized carbons (Fsp3) is 0.562. The molecule has 0 amide bonds. The Morgan fingerprint density at radius 2 is 1.89 bits per heavy atom. The van der Waals surface area contributed by atoms with Gasteiger partial charge in [0.05, 0.1) is 11.0 Å². The quantitative estimate of drug-likeness (QED) is 0.812. The Kier molecular flexibility index (Phi) is 3.21. The van der Waals surface area contributed by atoms with Crippen LogP contribution in [0.4, 0.5) is 0 Å². The summed E-state index contributed by atoms with van der Waals surface area (Å²) in [4.78, 5) is 12.4. The van der Waals surface area contributed by atoms with Gasteiger partial charge < -0.3 is 0 Å². The summed E-state index contributed by atoms with van der Waals surface area (Å²) in [5.74, 6) is 0.678. The lowest BCUT2D eigenvalue weighted by Crippen LogP contribution is -2.26. The second-order valence-corrected chi connectivity index (χ2v) is 5.95. The number of nitrogens with zero attached hydrogens (tertiary/aromatic N) is 2. The Hall–Kier alpha value is -1.51. The first-order valence-electron chi connectivity index (χ1n) is 7.32. The number of hydrogen-bond acceptors (Lipinski definition) is 1. The number of imidazole rings is 1. The summed E-state index contributed by atoms with van der Waals surface area (Å²) in [6.07, 6.45) is 6.55. The first-order chi connectivity index (χ1) is 9.16. The molecule has 19 heavy (non-hydrogen) atoms. The van der Waals surface area contributed by atoms with Crippen LogP contribution in [0.2, 0.25) is 0 Å². The third-order valence-corrected chi connectivity index (χ3v) is 4.47. The lowest BCUT2D eigenvalue weighted by Gasteiger charge is -2.21. The van der Waals surface area contributed by atoms with Crippen LogP contribution >= 0.6 is 0 Å². The van der Waals surface area contributed by atoms with Crippen molar-refractivity contribution in [1.82, 2.24) is 9.13 Å². The highest BCUT2D eigenvalue weighted by Crippen LogP contribution is 2.26. The summed E-state index contributed by atoms with van der Waals surface area (Å²) in [6, 6.07) is 6.27. The molecule has 0 radical (unpaired) electrons. The molecule has 0 aliphatic heterocycles. The van der Waals surface area contributed by atoms with E-state index in [-0.39, 0.29) is 5.69 Å². The fourth-order valence-electron chi connectivity index (χ4n) is 3.32. The number of hydrogen-bond donors (Lipinski definition) is 0. The van der Waals surface area contributed by atoms with Gasteiger partial charge in [-0.25, -0.2) is 4.79 Å². The summed E-state index contributed by atoms with van der Waals surface area (Å²) in [6.45, 7) is 2.97. The van der Waals surface area contributed by atoms with E-state index in [4.69, 9.17) is 0 Å². The topological polar surface area (TPSA) is 26.9 Å². The monoisotopic (exact) mass is 258 g/mol. The Balaban J connectivity index is 2.04. The largest absolute Gasteiger partial charge is 0.328 e. The molecule has 1 aliphatic carbocycles. The summed E-state index contributed by atoms with van der Waals surface area (Å²) in [5.41, 5.74) is 3.49. The van der Waals surface area contributed by atoms with Crippen molar-refractivity contribution in [1.29, 1.82) is 0 Å². The minimum Gasteiger partial charge on any atom is -0.295 e. The van der Waals surface area contributed by atoms with Gasteiger partial charge in [-0.05, 0) is 43.4 Å². The first-order valence-corrected chi connectivity index (χ1v) is 7.32. The lowest BCUT2D eigenvalue weighted by atomic mass is 9.89. The highest BCUT2D eigenvalue weighted by Gasteiger charge is 2.18. The van der Waals surface area contributed by atoms with Crippen LogP contribution in [-0.4, -0.2) is 9.13 Å². The van der Waals surface area contributed by atoms with Crippen molar-refractivity contribution in [2.24, 2.45) is 13.0 Å². The van der Waals surface area contributed by atoms with Crippen molar-refractivity contribution in [2.75, 3.05) is 0 Å². The van der Waals surface area contributed by atoms with E-state index in [1.54, 1.807) is 4.57 Å². The maximum absolute atomic E-state index is 12.4. The number of benzene rings is 1. The van der Waals surface area contributed by atoms with E-state index < -0.39 is 0 Å². The van der Waals surface area contributed by atoms with Crippen LogP contribution in [0.15, 0.2) is 23.0 Å². The third-order valence-electron chi connectivity index (χ3n) is 4.47. The smallest absolute Gasteiger partial charge is 0.295 e. The first kappa shape index (κ1) is 12.5. The van der Waals surface area contributed by atoms with Crippen LogP contribution in [0, 0.1) is 12.8 Å². The average molecular weight is 258 g/mol. The zero-order valence-electron chi connectivity index (χ0n) is 11.9. The van der Waals surface area contributed by atoms with E-state index in [0.29, 0.717) is 5.92 Å². The third kappa shape index (κ3) is 2.22. The van der Waals surface area contributed by atoms with Gasteiger partial charge in [0.15, 0.2) is 0 Å². The summed E-state index contributed by atoms with van der Waals surface area (Å²) in [7, 11) is 1.87. The number of fused-ring (bicyclic) bond motifs is 1. The Bertz CT molecular complexity index is 645. The number of rotatable bonds is 2. The molecule has 0 bridgehead atoms. The minimum atomic E-state index is 0.131. The molecule has 1 saturated carbocycles. The maximum atomic E-state index is 12.4. The number of aromatic nitrogens is 2. The van der Waals surface area contributed by atoms with Crippen LogP contribution in [0.1, 0.15) is 37.7 Å². The zero-order chi connectivity index (χ0) is 13.4. The van der Waals surface area contributed by atoms with Crippen LogP contribution in [0.5, 0.6) is 0 Å². The SMILES string of the molecule is Cc1ccc2c(c1)n(CC1CCCCC1)c(=O)n2C. The van der Waals surface area contributed by atoms with Gasteiger partial charge in [-0.3, -0.25) is 9.13 Å². The lowest BCUT2D eigenvalue weighted by molar-refractivity contribution is 0.318. The van der Waals surface area contributed by atoms with E-state index in [9.17, 15) is 4.79 Å². The van der Waals surface area contributed by atoms with E-state index >= 15 is 0 Å². The van der Waals surface area contributed by atoms with Crippen LogP contribution in [0.25, 0.3) is 11.0 Å². The normalized spacial score (nSPS) is 17.2. The van der Waals surface area contributed by atoms with Crippen molar-refractivity contribution in [3.8, 4) is 0 Å². The molecular weight excluding hydrogens is 236 g/mol. The molecular formula is C16H22N2O. The van der Waals surface area contributed by atoms with Gasteiger partial charge >= 0.3 is 5.69 Å². The van der Waals surface area contributed by atoms with Gasteiger partial charge in [0.25, 0.3) is 0 Å². The molecule has 0 saturated heterocycles. The van der Waals surface area contributed by atoms with Crippen molar-refractivity contribution in [3.63, 3.8) is 0 Å². The van der Waals surface area contributed by atoms with Crippen molar-refractivity contribution < 1.29 is 0 Å². The second kappa shape index (κ2) is 4.87.